The van der Waals surface area contributed by atoms with Crippen LogP contribution >= 0.6 is 51.1 Å². The van der Waals surface area contributed by atoms with Gasteiger partial charge in [0.05, 0.1) is 0 Å². The summed E-state index contributed by atoms with van der Waals surface area (Å²) in [6, 6.07) is 0. The molecule has 69 heavy (non-hydrogen) atoms. The van der Waals surface area contributed by atoms with Crippen LogP contribution in [-0.4, -0.2) is 0 Å². The zero-order valence-corrected chi connectivity index (χ0v) is 60.0. The second-order valence-corrected chi connectivity index (χ2v) is 31.3. The first-order valence-electron chi connectivity index (χ1n) is 27.0. The van der Waals surface area contributed by atoms with Crippen LogP contribution in [0.1, 0.15) is 260 Å². The van der Waals surface area contributed by atoms with Crippen LogP contribution in [0.5, 0.6) is 0 Å². The fourth-order valence-electron chi connectivity index (χ4n) is 13.0. The van der Waals surface area contributed by atoms with E-state index in [9.17, 15) is 0 Å². The molecule has 0 N–H and O–H groups in total. The van der Waals surface area contributed by atoms with Gasteiger partial charge in [-0.25, -0.2) is 0 Å². The molecule has 0 heterocycles. The van der Waals surface area contributed by atoms with E-state index in [-0.39, 0.29) is 44.6 Å². The van der Waals surface area contributed by atoms with E-state index in [2.05, 4.69) is 72.8 Å². The Kier molecular flexibility index (Phi) is 76.8. The fourth-order valence-corrected chi connectivity index (χ4v) is 13.0. The van der Waals surface area contributed by atoms with Crippen molar-refractivity contribution in [1.29, 1.82) is 0 Å². The van der Waals surface area contributed by atoms with Gasteiger partial charge in [0, 0.05) is 0 Å². The van der Waals surface area contributed by atoms with Crippen molar-refractivity contribution in [2.75, 3.05) is 0 Å². The van der Waals surface area contributed by atoms with Crippen molar-refractivity contribution in [2.24, 2.45) is 58.7 Å². The van der Waals surface area contributed by atoms with Gasteiger partial charge in [-0.3, -0.25) is 0 Å². The first-order valence-corrected chi connectivity index (χ1v) is 46.0. The van der Waals surface area contributed by atoms with Crippen molar-refractivity contribution in [3.63, 3.8) is 0 Å². The molecule has 4 atom stereocenters. The van der Waals surface area contributed by atoms with Gasteiger partial charge in [-0.15, -0.1) is 0 Å². The van der Waals surface area contributed by atoms with Crippen LogP contribution in [0.4, 0.5) is 0 Å². The van der Waals surface area contributed by atoms with E-state index in [0.717, 1.165) is 53.3 Å². The quantitative estimate of drug-likeness (QED) is 0.152. The third-order valence-electron chi connectivity index (χ3n) is 16.7. The first kappa shape index (κ1) is 86.7. The van der Waals surface area contributed by atoms with E-state index in [4.69, 9.17) is 51.1 Å². The normalized spacial score (nSPS) is 21.9. The minimum absolute atomic E-state index is 0. The number of rotatable bonds is 14. The molecule has 0 amide bonds. The second kappa shape index (κ2) is 61.1. The van der Waals surface area contributed by atoms with Crippen molar-refractivity contribution in [1.82, 2.24) is 0 Å². The summed E-state index contributed by atoms with van der Waals surface area (Å²) in [7, 11) is 29.6. The van der Waals surface area contributed by atoms with Crippen LogP contribution in [0, 0.1) is 103 Å². The number of hydrogen-bond acceptors (Lipinski definition) is 0. The first-order chi connectivity index (χ1) is 30.7. The molecule has 0 aromatic rings. The Balaban J connectivity index is -0.000000140. The molecule has 0 bridgehead atoms. The molecule has 7 aliphatic carbocycles. The van der Waals surface area contributed by atoms with E-state index in [0.29, 0.717) is 5.41 Å². The van der Waals surface area contributed by atoms with Gasteiger partial charge >= 0.3 is 114 Å². The van der Waals surface area contributed by atoms with Gasteiger partial charge in [0.2, 0.25) is 0 Å². The Morgan fingerprint density at radius 2 is 0.710 bits per heavy atom. The Morgan fingerprint density at radius 3 is 0.986 bits per heavy atom. The molecule has 7 rings (SSSR count). The van der Waals surface area contributed by atoms with Crippen molar-refractivity contribution in [2.45, 2.75) is 260 Å². The van der Waals surface area contributed by atoms with E-state index in [1.807, 2.05) is 0 Å². The maximum absolute atomic E-state index is 4.93. The van der Waals surface area contributed by atoms with Crippen LogP contribution in [0.25, 0.3) is 0 Å². The predicted molar refractivity (Wildman–Crippen MR) is 318 cm³/mol. The van der Waals surface area contributed by atoms with Crippen LogP contribution in [-0.2, 0) is 62.5 Å². The van der Waals surface area contributed by atoms with Gasteiger partial charge in [0.1, 0.15) is 0 Å². The number of halogens is 6. The Labute approximate surface area is 495 Å². The standard InChI is InChI=1S/C22H36.2C9H18.2C7H14.6CH3.6ClH.3Zr/c1-4-11-17-16-21(20-15-10-9-14-19(17)20)22(5-2,6-3)18-12-7-8-13-18;2*1-2-3-6-9-7-4-5-8-9;2*1-2-7-5-3-4-6-7;;;;;;;;;;;;;;;/h9-10,14-15,17-21H,4-8,11-13,16H2,1-3H3;2*9H,2-8H2,1H3;2*7H,2-6H2,1H3;6*1H3;6*1H;;;/q;;;;;6*-1;;;;;;;3*+4/p-6. The summed E-state index contributed by atoms with van der Waals surface area (Å²) >= 11 is -2.48. The molecule has 4 unspecified atom stereocenters. The molecule has 9 heteroatoms. The molecule has 0 nitrogen and oxygen atoms in total. The molecule has 0 spiro atoms. The van der Waals surface area contributed by atoms with Gasteiger partial charge in [-0.05, 0) is 90.8 Å². The Bertz CT molecular complexity index is 958. The average Bonchev–Trinajstić information content (AvgIpc) is 4.17. The van der Waals surface area contributed by atoms with Gasteiger partial charge in [-0.1, -0.05) is 253 Å². The van der Waals surface area contributed by atoms with Crippen LogP contribution < -0.4 is 0 Å². The summed E-state index contributed by atoms with van der Waals surface area (Å²) in [5, 5.41) is 0. The van der Waals surface area contributed by atoms with E-state index < -0.39 is 62.5 Å². The zero-order chi connectivity index (χ0) is 47.0. The van der Waals surface area contributed by atoms with E-state index in [1.165, 1.54) is 212 Å². The van der Waals surface area contributed by atoms with Gasteiger partial charge in [0.15, 0.2) is 0 Å². The summed E-state index contributed by atoms with van der Waals surface area (Å²) in [6.07, 6.45) is 58.6. The molecule has 7 aliphatic rings. The summed E-state index contributed by atoms with van der Waals surface area (Å²) < 4.78 is 0. The predicted octanol–water partition coefficient (Wildman–Crippen LogP) is 25.5. The van der Waals surface area contributed by atoms with Gasteiger partial charge in [-0.2, -0.15) is 0 Å². The van der Waals surface area contributed by atoms with Crippen LogP contribution in [0.2, 0.25) is 0 Å². The summed E-state index contributed by atoms with van der Waals surface area (Å²) in [5.41, 5.74) is 0.622. The molecule has 0 radical (unpaired) electrons. The number of unbranched alkanes of at least 4 members (excludes halogenated alkanes) is 2. The second-order valence-electron chi connectivity index (χ2n) is 20.2. The van der Waals surface area contributed by atoms with Crippen molar-refractivity contribution in [3.8, 4) is 0 Å². The molecular formula is C60H118Cl6Zr3. The third kappa shape index (κ3) is 39.0. The Hall–Kier alpha value is 3.87. The average molecular weight is 1330 g/mol. The topological polar surface area (TPSA) is 0 Å². The molecule has 0 saturated heterocycles. The molecule has 0 aromatic heterocycles. The maximum atomic E-state index is 4.93. The number of allylic oxidation sites excluding steroid dienone is 4. The summed E-state index contributed by atoms with van der Waals surface area (Å²) in [4.78, 5) is 0. The summed E-state index contributed by atoms with van der Waals surface area (Å²) in [5.74, 6) is 8.99. The van der Waals surface area contributed by atoms with Gasteiger partial charge < -0.3 is 44.6 Å². The SMILES string of the molecule is CCC1CCCC1.CCC1CCCC1.CCCC1CC(C(CC)(CC)C2CCCC2)C2C=CC=CC12.CCCCC1CCCC1.CCCCC1CCCC1.[CH3-].[CH3-].[CH3-].[CH3-].[CH3-].[CH3-].[Cl][Zr+2][Cl].[Cl][Zr+2][Cl].[Cl][Zr+2][Cl]. The number of fused-ring (bicyclic) bond motifs is 1. The van der Waals surface area contributed by atoms with Crippen LogP contribution in [0.15, 0.2) is 24.3 Å². The molecule has 6 saturated carbocycles. The van der Waals surface area contributed by atoms with Crippen molar-refractivity contribution < 1.29 is 62.5 Å². The molecule has 6 fully saturated rings. The van der Waals surface area contributed by atoms with E-state index >= 15 is 0 Å². The third-order valence-corrected chi connectivity index (χ3v) is 16.7. The van der Waals surface area contributed by atoms with E-state index in [1.54, 1.807) is 0 Å². The van der Waals surface area contributed by atoms with Crippen molar-refractivity contribution >= 4 is 51.1 Å². The molecular weight excluding hydrogens is 1210 g/mol. The van der Waals surface area contributed by atoms with Crippen molar-refractivity contribution in [3.05, 3.63) is 68.9 Å². The molecule has 0 aromatic carbocycles. The fraction of sp³-hybridized carbons (Fsp3) is 0.833. The minimum atomic E-state index is -0.826. The van der Waals surface area contributed by atoms with Crippen LogP contribution in [0.3, 0.4) is 0 Å². The number of hydrogen-bond donors (Lipinski definition) is 0. The van der Waals surface area contributed by atoms with Gasteiger partial charge in [0.25, 0.3) is 0 Å². The Morgan fingerprint density at radius 1 is 0.406 bits per heavy atom. The molecule has 412 valence electrons. The molecule has 0 aliphatic heterocycles. The summed E-state index contributed by atoms with van der Waals surface area (Å²) in [6.45, 7) is 16.5. The monoisotopic (exact) mass is 1320 g/mol. The zero-order valence-electron chi connectivity index (χ0n) is 48.1.